The highest BCUT2D eigenvalue weighted by molar-refractivity contribution is 7.71. The highest BCUT2D eigenvalue weighted by atomic mass is 32.1. The fourth-order valence-electron chi connectivity index (χ4n) is 2.68. The fourth-order valence-corrected chi connectivity index (χ4v) is 2.86. The van der Waals surface area contributed by atoms with Crippen molar-refractivity contribution >= 4 is 24.1 Å². The van der Waals surface area contributed by atoms with E-state index in [4.69, 9.17) is 26.4 Å². The second kappa shape index (κ2) is 8.52. The number of nitrogens with zero attached hydrogens (tertiary/aromatic N) is 4. The molecule has 3 rings (SSSR count). The second-order valence-corrected chi connectivity index (χ2v) is 6.03. The van der Waals surface area contributed by atoms with Crippen molar-refractivity contribution in [3.63, 3.8) is 0 Å². The Balaban J connectivity index is 2.10. The van der Waals surface area contributed by atoms with Gasteiger partial charge in [0.1, 0.15) is 0 Å². The molecule has 1 N–H and O–H groups in total. The molecular weight excluding hydrogens is 398 g/mol. The van der Waals surface area contributed by atoms with Crippen LogP contribution in [0.2, 0.25) is 0 Å². The molecule has 0 amide bonds. The van der Waals surface area contributed by atoms with Crippen LogP contribution < -0.4 is 14.2 Å². The van der Waals surface area contributed by atoms with E-state index >= 15 is 0 Å². The Kier molecular flexibility index (Phi) is 5.88. The van der Waals surface area contributed by atoms with Gasteiger partial charge in [0.15, 0.2) is 17.3 Å². The second-order valence-electron chi connectivity index (χ2n) is 5.64. The van der Waals surface area contributed by atoms with E-state index < -0.39 is 4.92 Å². The molecule has 0 saturated heterocycles. The fraction of sp³-hybridized carbons (Fsp3) is 0.167. The third-order valence-corrected chi connectivity index (χ3v) is 4.28. The van der Waals surface area contributed by atoms with E-state index in [1.54, 1.807) is 30.3 Å². The van der Waals surface area contributed by atoms with Gasteiger partial charge in [0, 0.05) is 11.6 Å². The summed E-state index contributed by atoms with van der Waals surface area (Å²) >= 11 is 5.25. The number of hydrogen-bond acceptors (Lipinski definition) is 8. The summed E-state index contributed by atoms with van der Waals surface area (Å²) in [4.78, 5) is 10.7. The average molecular weight is 415 g/mol. The van der Waals surface area contributed by atoms with Gasteiger partial charge in [-0.25, -0.2) is 5.10 Å². The highest BCUT2D eigenvalue weighted by Crippen LogP contribution is 2.40. The molecule has 0 aliphatic carbocycles. The summed E-state index contributed by atoms with van der Waals surface area (Å²) in [5.41, 5.74) is 0.851. The Bertz CT molecular complexity index is 1110. The topological polar surface area (TPSA) is 117 Å². The summed E-state index contributed by atoms with van der Waals surface area (Å²) < 4.78 is 17.6. The summed E-state index contributed by atoms with van der Waals surface area (Å²) in [7, 11) is 4.52. The first-order valence-corrected chi connectivity index (χ1v) is 8.66. The lowest BCUT2D eigenvalue weighted by Gasteiger charge is -2.13. The molecule has 3 aromatic rings. The lowest BCUT2D eigenvalue weighted by atomic mass is 10.1. The minimum absolute atomic E-state index is 0.0689. The van der Waals surface area contributed by atoms with Crippen LogP contribution in [0.25, 0.3) is 11.4 Å². The van der Waals surface area contributed by atoms with Crippen molar-refractivity contribution in [2.45, 2.75) is 0 Å². The van der Waals surface area contributed by atoms with E-state index in [9.17, 15) is 10.1 Å². The van der Waals surface area contributed by atoms with Crippen LogP contribution in [0, 0.1) is 14.9 Å². The first-order chi connectivity index (χ1) is 14.0. The molecule has 29 heavy (non-hydrogen) atoms. The van der Waals surface area contributed by atoms with Crippen molar-refractivity contribution in [2.24, 2.45) is 5.10 Å². The third-order valence-electron chi connectivity index (χ3n) is 4.02. The quantitative estimate of drug-likeness (QED) is 0.272. The first kappa shape index (κ1) is 20.0. The molecule has 150 valence electrons. The number of rotatable bonds is 7. The van der Waals surface area contributed by atoms with Crippen LogP contribution in [0.1, 0.15) is 5.56 Å². The maximum absolute atomic E-state index is 11.2. The molecule has 1 heterocycles. The number of benzene rings is 2. The standard InChI is InChI=1S/C18H17N5O5S/c1-26-14-8-12(9-15(27-2)16(14)28-3)17-20-21-18(29)22(17)19-10-11-6-4-5-7-13(11)23(24)25/h4-10H,1-3H3,(H,21,29)/b19-10+. The summed E-state index contributed by atoms with van der Waals surface area (Å²) in [6.07, 6.45) is 1.35. The largest absolute Gasteiger partial charge is 0.493 e. The Morgan fingerprint density at radius 2 is 1.83 bits per heavy atom. The van der Waals surface area contributed by atoms with Gasteiger partial charge in [-0.3, -0.25) is 10.1 Å². The number of para-hydroxylation sites is 1. The predicted molar refractivity (Wildman–Crippen MR) is 109 cm³/mol. The molecule has 10 nitrogen and oxygen atoms in total. The van der Waals surface area contributed by atoms with E-state index in [1.165, 1.54) is 38.3 Å². The first-order valence-electron chi connectivity index (χ1n) is 8.25. The number of aromatic amines is 1. The monoisotopic (exact) mass is 415 g/mol. The van der Waals surface area contributed by atoms with Crippen LogP contribution in [0.5, 0.6) is 17.2 Å². The van der Waals surface area contributed by atoms with Crippen LogP contribution in [0.3, 0.4) is 0 Å². The van der Waals surface area contributed by atoms with Gasteiger partial charge in [-0.05, 0) is 30.4 Å². The number of nitro groups is 1. The predicted octanol–water partition coefficient (Wildman–Crippen LogP) is 3.42. The molecule has 11 heteroatoms. The van der Waals surface area contributed by atoms with Crippen LogP contribution in [0.15, 0.2) is 41.5 Å². The van der Waals surface area contributed by atoms with Gasteiger partial charge in [0.05, 0.1) is 38.0 Å². The van der Waals surface area contributed by atoms with Crippen molar-refractivity contribution in [1.29, 1.82) is 0 Å². The summed E-state index contributed by atoms with van der Waals surface area (Å²) in [5, 5.41) is 22.4. The number of ether oxygens (including phenoxy) is 3. The Hall–Kier alpha value is -3.73. The van der Waals surface area contributed by atoms with E-state index in [1.807, 2.05) is 0 Å². The van der Waals surface area contributed by atoms with E-state index in [0.717, 1.165) is 0 Å². The molecule has 0 aliphatic rings. The van der Waals surface area contributed by atoms with Crippen LogP contribution >= 0.6 is 12.2 Å². The number of nitro benzene ring substituents is 1. The van der Waals surface area contributed by atoms with E-state index in [-0.39, 0.29) is 10.5 Å². The van der Waals surface area contributed by atoms with Gasteiger partial charge in [-0.2, -0.15) is 14.9 Å². The lowest BCUT2D eigenvalue weighted by molar-refractivity contribution is -0.385. The molecule has 2 aromatic carbocycles. The van der Waals surface area contributed by atoms with Gasteiger partial charge in [0.2, 0.25) is 10.5 Å². The van der Waals surface area contributed by atoms with E-state index in [2.05, 4.69) is 15.3 Å². The number of hydrogen-bond donors (Lipinski definition) is 1. The summed E-state index contributed by atoms with van der Waals surface area (Å²) in [5.74, 6) is 1.67. The van der Waals surface area contributed by atoms with Crippen molar-refractivity contribution in [2.75, 3.05) is 21.3 Å². The molecule has 0 aliphatic heterocycles. The molecule has 1 aromatic heterocycles. The van der Waals surface area contributed by atoms with Crippen LogP contribution in [-0.4, -0.2) is 47.3 Å². The SMILES string of the molecule is COc1cc(-c2n[nH]c(=S)n2/N=C/c2ccccc2[N+](=O)[O-])cc(OC)c1OC. The van der Waals surface area contributed by atoms with Crippen molar-refractivity contribution in [3.8, 4) is 28.6 Å². The zero-order valence-electron chi connectivity index (χ0n) is 15.8. The molecule has 0 atom stereocenters. The van der Waals surface area contributed by atoms with Crippen LogP contribution in [-0.2, 0) is 0 Å². The average Bonchev–Trinajstić information content (AvgIpc) is 3.11. The Labute approximate surface area is 170 Å². The lowest BCUT2D eigenvalue weighted by Crippen LogP contribution is -2.00. The van der Waals surface area contributed by atoms with Gasteiger partial charge in [-0.1, -0.05) is 12.1 Å². The highest BCUT2D eigenvalue weighted by Gasteiger charge is 2.18. The van der Waals surface area contributed by atoms with Crippen molar-refractivity contribution in [1.82, 2.24) is 14.9 Å². The third kappa shape index (κ3) is 3.94. The number of H-pyrrole nitrogens is 1. The van der Waals surface area contributed by atoms with Crippen molar-refractivity contribution in [3.05, 3.63) is 56.8 Å². The molecule has 0 spiro atoms. The molecule has 0 radical (unpaired) electrons. The minimum atomic E-state index is -0.476. The van der Waals surface area contributed by atoms with Gasteiger partial charge in [0.25, 0.3) is 5.69 Å². The smallest absolute Gasteiger partial charge is 0.278 e. The summed E-state index contributed by atoms with van der Waals surface area (Å²) in [6.45, 7) is 0. The minimum Gasteiger partial charge on any atom is -0.493 e. The van der Waals surface area contributed by atoms with Gasteiger partial charge in [-0.15, -0.1) is 0 Å². The molecule has 0 bridgehead atoms. The maximum atomic E-state index is 11.2. The van der Waals surface area contributed by atoms with Crippen molar-refractivity contribution < 1.29 is 19.1 Å². The maximum Gasteiger partial charge on any atom is 0.278 e. The Morgan fingerprint density at radius 3 is 2.41 bits per heavy atom. The molecule has 0 fully saturated rings. The normalized spacial score (nSPS) is 10.9. The molecule has 0 unspecified atom stereocenters. The van der Waals surface area contributed by atoms with Gasteiger partial charge >= 0.3 is 0 Å². The van der Waals surface area contributed by atoms with Crippen LogP contribution in [0.4, 0.5) is 5.69 Å². The number of methoxy groups -OCH3 is 3. The zero-order valence-corrected chi connectivity index (χ0v) is 16.6. The zero-order chi connectivity index (χ0) is 21.0. The van der Waals surface area contributed by atoms with Gasteiger partial charge < -0.3 is 14.2 Å². The number of nitrogens with one attached hydrogen (secondary N) is 1. The summed E-state index contributed by atoms with van der Waals surface area (Å²) in [6, 6.07) is 9.65. The number of aromatic nitrogens is 3. The molecular formula is C18H17N5O5S. The van der Waals surface area contributed by atoms with E-state index in [0.29, 0.717) is 34.2 Å². The Morgan fingerprint density at radius 1 is 1.17 bits per heavy atom. The molecule has 0 saturated carbocycles.